The lowest BCUT2D eigenvalue weighted by molar-refractivity contribution is -0.127. The average molecular weight is 262 g/mol. The van der Waals surface area contributed by atoms with Gasteiger partial charge in [0.1, 0.15) is 11.6 Å². The van der Waals surface area contributed by atoms with Crippen molar-refractivity contribution in [1.82, 2.24) is 15.1 Å². The predicted octanol–water partition coefficient (Wildman–Crippen LogP) is 0.558. The van der Waals surface area contributed by atoms with Crippen LogP contribution in [0.5, 0.6) is 0 Å². The molecule has 0 radical (unpaired) electrons. The van der Waals surface area contributed by atoms with E-state index < -0.39 is 0 Å². The van der Waals surface area contributed by atoms with Crippen LogP contribution in [0.15, 0.2) is 11.8 Å². The van der Waals surface area contributed by atoms with Crippen molar-refractivity contribution in [2.45, 2.75) is 19.8 Å². The SMILES string of the molecule is CC1CCN(/C=C(/C#N)C(=O)N2CCNCC2)CC1. The molecule has 1 amide bonds. The van der Waals surface area contributed by atoms with Gasteiger partial charge in [-0.25, -0.2) is 0 Å². The van der Waals surface area contributed by atoms with Gasteiger partial charge in [-0.15, -0.1) is 0 Å². The highest BCUT2D eigenvalue weighted by Crippen LogP contribution is 2.17. The van der Waals surface area contributed by atoms with Crippen LogP contribution >= 0.6 is 0 Å². The zero-order valence-electron chi connectivity index (χ0n) is 11.6. The molecule has 5 heteroatoms. The Morgan fingerprint density at radius 3 is 2.47 bits per heavy atom. The second-order valence-electron chi connectivity index (χ2n) is 5.42. The Morgan fingerprint density at radius 2 is 1.89 bits per heavy atom. The third-order valence-corrected chi connectivity index (χ3v) is 3.88. The van der Waals surface area contributed by atoms with Gasteiger partial charge >= 0.3 is 0 Å². The van der Waals surface area contributed by atoms with E-state index in [0.717, 1.165) is 44.9 Å². The summed E-state index contributed by atoms with van der Waals surface area (Å²) in [5.41, 5.74) is 0.274. The molecular weight excluding hydrogens is 240 g/mol. The summed E-state index contributed by atoms with van der Waals surface area (Å²) >= 11 is 0. The molecule has 2 saturated heterocycles. The number of rotatable bonds is 2. The number of piperazine rings is 1. The Morgan fingerprint density at radius 1 is 1.26 bits per heavy atom. The predicted molar refractivity (Wildman–Crippen MR) is 73.1 cm³/mol. The molecule has 0 aliphatic carbocycles. The maximum absolute atomic E-state index is 12.2. The Balaban J connectivity index is 1.98. The van der Waals surface area contributed by atoms with Crippen molar-refractivity contribution in [3.63, 3.8) is 0 Å². The number of nitrogens with one attached hydrogen (secondary N) is 1. The molecule has 0 saturated carbocycles. The monoisotopic (exact) mass is 262 g/mol. The van der Waals surface area contributed by atoms with E-state index in [0.29, 0.717) is 13.1 Å². The van der Waals surface area contributed by atoms with Gasteiger partial charge < -0.3 is 15.1 Å². The Kier molecular flexibility index (Phi) is 4.80. The number of piperidine rings is 1. The lowest BCUT2D eigenvalue weighted by atomic mass is 9.99. The average Bonchev–Trinajstić information content (AvgIpc) is 2.47. The fraction of sp³-hybridized carbons (Fsp3) is 0.714. The molecule has 0 bridgehead atoms. The summed E-state index contributed by atoms with van der Waals surface area (Å²) in [5, 5.41) is 12.4. The van der Waals surface area contributed by atoms with Crippen molar-refractivity contribution >= 4 is 5.91 Å². The molecule has 5 nitrogen and oxygen atoms in total. The van der Waals surface area contributed by atoms with Crippen molar-refractivity contribution < 1.29 is 4.79 Å². The first kappa shape index (κ1) is 13.9. The first-order valence-electron chi connectivity index (χ1n) is 7.06. The highest BCUT2D eigenvalue weighted by Gasteiger charge is 2.21. The fourth-order valence-corrected chi connectivity index (χ4v) is 2.51. The van der Waals surface area contributed by atoms with Crippen molar-refractivity contribution in [2.75, 3.05) is 39.3 Å². The van der Waals surface area contributed by atoms with Crippen LogP contribution in [0.3, 0.4) is 0 Å². The summed E-state index contributed by atoms with van der Waals surface area (Å²) in [6.07, 6.45) is 4.03. The van der Waals surface area contributed by atoms with E-state index >= 15 is 0 Å². The number of nitrogens with zero attached hydrogens (tertiary/aromatic N) is 3. The van der Waals surface area contributed by atoms with Crippen LogP contribution in [-0.2, 0) is 4.79 Å². The second-order valence-corrected chi connectivity index (χ2v) is 5.42. The van der Waals surface area contributed by atoms with Gasteiger partial charge in [-0.3, -0.25) is 4.79 Å². The van der Waals surface area contributed by atoms with Crippen LogP contribution in [0, 0.1) is 17.2 Å². The van der Waals surface area contributed by atoms with Crippen LogP contribution in [0.2, 0.25) is 0 Å². The number of carbonyl (C=O) groups excluding carboxylic acids is 1. The zero-order valence-corrected chi connectivity index (χ0v) is 11.6. The van der Waals surface area contributed by atoms with Gasteiger partial charge in [0.15, 0.2) is 0 Å². The van der Waals surface area contributed by atoms with E-state index in [1.54, 1.807) is 11.1 Å². The molecule has 104 valence electrons. The number of hydrogen-bond acceptors (Lipinski definition) is 4. The normalized spacial score (nSPS) is 22.2. The molecule has 2 aliphatic heterocycles. The van der Waals surface area contributed by atoms with E-state index in [4.69, 9.17) is 0 Å². The van der Waals surface area contributed by atoms with Crippen LogP contribution < -0.4 is 5.32 Å². The van der Waals surface area contributed by atoms with Crippen molar-refractivity contribution in [3.8, 4) is 6.07 Å². The molecule has 0 aromatic rings. The number of amides is 1. The van der Waals surface area contributed by atoms with E-state index in [9.17, 15) is 10.1 Å². The van der Waals surface area contributed by atoms with Crippen molar-refractivity contribution in [3.05, 3.63) is 11.8 Å². The van der Waals surface area contributed by atoms with Crippen molar-refractivity contribution in [2.24, 2.45) is 5.92 Å². The Bertz CT molecular complexity index is 385. The van der Waals surface area contributed by atoms with E-state index in [-0.39, 0.29) is 11.5 Å². The summed E-state index contributed by atoms with van der Waals surface area (Å²) in [6.45, 7) is 7.14. The van der Waals surface area contributed by atoms with Crippen LogP contribution in [-0.4, -0.2) is 55.0 Å². The maximum Gasteiger partial charge on any atom is 0.266 e. The smallest absolute Gasteiger partial charge is 0.266 e. The largest absolute Gasteiger partial charge is 0.376 e. The van der Waals surface area contributed by atoms with Gasteiger partial charge in [0.25, 0.3) is 5.91 Å². The Hall–Kier alpha value is -1.54. The quantitative estimate of drug-likeness (QED) is 0.583. The first-order valence-corrected chi connectivity index (χ1v) is 7.06. The third kappa shape index (κ3) is 3.71. The van der Waals surface area contributed by atoms with Crippen LogP contribution in [0.1, 0.15) is 19.8 Å². The van der Waals surface area contributed by atoms with Crippen molar-refractivity contribution in [1.29, 1.82) is 5.26 Å². The second kappa shape index (κ2) is 6.58. The number of likely N-dealkylation sites (tertiary alicyclic amines) is 1. The molecule has 2 fully saturated rings. The number of carbonyl (C=O) groups is 1. The minimum atomic E-state index is -0.123. The molecule has 0 spiro atoms. The van der Waals surface area contributed by atoms with Gasteiger partial charge in [-0.1, -0.05) is 6.92 Å². The summed E-state index contributed by atoms with van der Waals surface area (Å²) in [6, 6.07) is 2.07. The zero-order chi connectivity index (χ0) is 13.7. The van der Waals surface area contributed by atoms with Gasteiger partial charge in [0.05, 0.1) is 0 Å². The molecule has 19 heavy (non-hydrogen) atoms. The Labute approximate surface area is 114 Å². The molecular formula is C14H22N4O. The lowest BCUT2D eigenvalue weighted by Crippen LogP contribution is -2.47. The fourth-order valence-electron chi connectivity index (χ4n) is 2.51. The van der Waals surface area contributed by atoms with Crippen LogP contribution in [0.25, 0.3) is 0 Å². The van der Waals surface area contributed by atoms with E-state index in [1.165, 1.54) is 0 Å². The molecule has 2 heterocycles. The maximum atomic E-state index is 12.2. The summed E-state index contributed by atoms with van der Waals surface area (Å²) in [5.74, 6) is 0.627. The van der Waals surface area contributed by atoms with Gasteiger partial charge in [-0.2, -0.15) is 5.26 Å². The molecule has 2 aliphatic rings. The molecule has 2 rings (SSSR count). The van der Waals surface area contributed by atoms with Gasteiger partial charge in [0.2, 0.25) is 0 Å². The first-order chi connectivity index (χ1) is 9.20. The minimum absolute atomic E-state index is 0.123. The highest BCUT2D eigenvalue weighted by atomic mass is 16.2. The standard InChI is InChI=1S/C14H22N4O/c1-12-2-6-17(7-3-12)11-13(10-15)14(19)18-8-4-16-5-9-18/h11-12,16H,2-9H2,1H3/b13-11-. The molecule has 0 unspecified atom stereocenters. The van der Waals surface area contributed by atoms with Gasteiger partial charge in [0, 0.05) is 45.5 Å². The summed E-state index contributed by atoms with van der Waals surface area (Å²) in [4.78, 5) is 16.1. The minimum Gasteiger partial charge on any atom is -0.376 e. The molecule has 1 N–H and O–H groups in total. The molecule has 0 atom stereocenters. The van der Waals surface area contributed by atoms with Crippen LogP contribution in [0.4, 0.5) is 0 Å². The van der Waals surface area contributed by atoms with Gasteiger partial charge in [-0.05, 0) is 18.8 Å². The summed E-state index contributed by atoms with van der Waals surface area (Å²) < 4.78 is 0. The lowest BCUT2D eigenvalue weighted by Gasteiger charge is -2.30. The highest BCUT2D eigenvalue weighted by molar-refractivity contribution is 5.97. The topological polar surface area (TPSA) is 59.4 Å². The molecule has 0 aromatic carbocycles. The third-order valence-electron chi connectivity index (χ3n) is 3.88. The molecule has 0 aromatic heterocycles. The summed E-state index contributed by atoms with van der Waals surface area (Å²) in [7, 11) is 0. The van der Waals surface area contributed by atoms with E-state index in [1.807, 2.05) is 0 Å². The number of nitriles is 1. The van der Waals surface area contributed by atoms with E-state index in [2.05, 4.69) is 23.2 Å². The number of hydrogen-bond donors (Lipinski definition) is 1.